The van der Waals surface area contributed by atoms with Crippen LogP contribution < -0.4 is 5.32 Å². The fraction of sp³-hybridized carbons (Fsp3) is 0.200. The van der Waals surface area contributed by atoms with E-state index in [2.05, 4.69) is 10.1 Å². The molecular formula is C10H9ClFNO3. The minimum absolute atomic E-state index is 0.147. The highest BCUT2D eigenvalue weighted by molar-refractivity contribution is 6.31. The first-order chi connectivity index (χ1) is 7.56. The second kappa shape index (κ2) is 5.46. The molecule has 0 aliphatic carbocycles. The van der Waals surface area contributed by atoms with E-state index in [0.29, 0.717) is 0 Å². The molecule has 0 saturated heterocycles. The van der Waals surface area contributed by atoms with Gasteiger partial charge < -0.3 is 10.1 Å². The number of nitrogens with one attached hydrogen (secondary N) is 1. The summed E-state index contributed by atoms with van der Waals surface area (Å²) in [5, 5.41) is 2.06. The predicted molar refractivity (Wildman–Crippen MR) is 55.8 cm³/mol. The fourth-order valence-electron chi connectivity index (χ4n) is 0.999. The van der Waals surface area contributed by atoms with E-state index < -0.39 is 17.7 Å². The van der Waals surface area contributed by atoms with Gasteiger partial charge in [-0.2, -0.15) is 0 Å². The van der Waals surface area contributed by atoms with Crippen molar-refractivity contribution in [3.05, 3.63) is 34.6 Å². The topological polar surface area (TPSA) is 55.4 Å². The number of benzene rings is 1. The van der Waals surface area contributed by atoms with E-state index in [0.717, 1.165) is 0 Å². The minimum Gasteiger partial charge on any atom is -0.468 e. The molecule has 1 amide bonds. The van der Waals surface area contributed by atoms with Crippen LogP contribution in [0.3, 0.4) is 0 Å². The van der Waals surface area contributed by atoms with E-state index in [4.69, 9.17) is 11.6 Å². The number of carbonyl (C=O) groups is 2. The van der Waals surface area contributed by atoms with Crippen LogP contribution in [-0.4, -0.2) is 25.5 Å². The molecular weight excluding hydrogens is 237 g/mol. The third kappa shape index (κ3) is 2.93. The van der Waals surface area contributed by atoms with Crippen LogP contribution in [0.5, 0.6) is 0 Å². The van der Waals surface area contributed by atoms with Crippen molar-refractivity contribution >= 4 is 23.5 Å². The van der Waals surface area contributed by atoms with E-state index in [1.165, 1.54) is 25.3 Å². The molecule has 0 atom stereocenters. The van der Waals surface area contributed by atoms with Crippen molar-refractivity contribution in [1.82, 2.24) is 5.32 Å². The van der Waals surface area contributed by atoms with E-state index >= 15 is 0 Å². The summed E-state index contributed by atoms with van der Waals surface area (Å²) in [5.41, 5.74) is -0.212. The van der Waals surface area contributed by atoms with Gasteiger partial charge in [-0.25, -0.2) is 4.39 Å². The minimum atomic E-state index is -0.813. The molecule has 0 heterocycles. The average Bonchev–Trinajstić information content (AvgIpc) is 2.29. The SMILES string of the molecule is COC(=O)CNC(=O)c1cccc(Cl)c1F. The molecule has 0 bridgehead atoms. The van der Waals surface area contributed by atoms with Crippen LogP contribution in [-0.2, 0) is 9.53 Å². The van der Waals surface area contributed by atoms with Gasteiger partial charge in [0.25, 0.3) is 5.91 Å². The smallest absolute Gasteiger partial charge is 0.325 e. The Bertz CT molecular complexity index is 423. The predicted octanol–water partition coefficient (Wildman–Crippen LogP) is 1.38. The van der Waals surface area contributed by atoms with Crippen LogP contribution in [0.15, 0.2) is 18.2 Å². The number of hydrogen-bond donors (Lipinski definition) is 1. The first-order valence-corrected chi connectivity index (χ1v) is 4.73. The number of carbonyl (C=O) groups excluding carboxylic acids is 2. The van der Waals surface area contributed by atoms with Crippen molar-refractivity contribution in [2.45, 2.75) is 0 Å². The lowest BCUT2D eigenvalue weighted by molar-refractivity contribution is -0.139. The van der Waals surface area contributed by atoms with Crippen LogP contribution in [0.1, 0.15) is 10.4 Å². The second-order valence-electron chi connectivity index (χ2n) is 2.86. The Hall–Kier alpha value is -1.62. The number of methoxy groups -OCH3 is 1. The molecule has 0 spiro atoms. The van der Waals surface area contributed by atoms with Gasteiger partial charge in [0.05, 0.1) is 17.7 Å². The standard InChI is InChI=1S/C10H9ClFNO3/c1-16-8(14)5-13-10(15)6-3-2-4-7(11)9(6)12/h2-4H,5H2,1H3,(H,13,15). The van der Waals surface area contributed by atoms with Crippen molar-refractivity contribution in [1.29, 1.82) is 0 Å². The molecule has 0 saturated carbocycles. The van der Waals surface area contributed by atoms with Crippen LogP contribution in [0.25, 0.3) is 0 Å². The average molecular weight is 246 g/mol. The molecule has 86 valence electrons. The zero-order valence-corrected chi connectivity index (χ0v) is 9.18. The zero-order chi connectivity index (χ0) is 12.1. The molecule has 4 nitrogen and oxygen atoms in total. The third-order valence-corrected chi connectivity index (χ3v) is 2.11. The number of halogens is 2. The van der Waals surface area contributed by atoms with Crippen molar-refractivity contribution in [3.63, 3.8) is 0 Å². The zero-order valence-electron chi connectivity index (χ0n) is 8.42. The van der Waals surface area contributed by atoms with Crippen molar-refractivity contribution in [3.8, 4) is 0 Å². The van der Waals surface area contributed by atoms with Gasteiger partial charge in [0.2, 0.25) is 0 Å². The Morgan fingerprint density at radius 3 is 2.81 bits per heavy atom. The monoisotopic (exact) mass is 245 g/mol. The molecule has 1 aromatic rings. The number of rotatable bonds is 3. The number of hydrogen-bond acceptors (Lipinski definition) is 3. The van der Waals surface area contributed by atoms with Crippen LogP contribution in [0.4, 0.5) is 4.39 Å². The summed E-state index contributed by atoms with van der Waals surface area (Å²) < 4.78 is 17.7. The van der Waals surface area contributed by atoms with Crippen molar-refractivity contribution in [2.24, 2.45) is 0 Å². The first-order valence-electron chi connectivity index (χ1n) is 4.35. The lowest BCUT2D eigenvalue weighted by Gasteiger charge is -2.05. The maximum atomic E-state index is 13.3. The first kappa shape index (κ1) is 12.4. The van der Waals surface area contributed by atoms with Gasteiger partial charge in [-0.1, -0.05) is 17.7 Å². The summed E-state index contributed by atoms with van der Waals surface area (Å²) in [6, 6.07) is 4.04. The summed E-state index contributed by atoms with van der Waals surface area (Å²) in [7, 11) is 1.19. The van der Waals surface area contributed by atoms with E-state index in [1.807, 2.05) is 0 Å². The highest BCUT2D eigenvalue weighted by Gasteiger charge is 2.14. The van der Waals surface area contributed by atoms with Gasteiger partial charge >= 0.3 is 5.97 Å². The Balaban J connectivity index is 2.74. The highest BCUT2D eigenvalue weighted by Crippen LogP contribution is 2.17. The van der Waals surface area contributed by atoms with Crippen molar-refractivity contribution < 1.29 is 18.7 Å². The summed E-state index contributed by atoms with van der Waals surface area (Å²) in [6.07, 6.45) is 0. The molecule has 0 aromatic heterocycles. The number of esters is 1. The highest BCUT2D eigenvalue weighted by atomic mass is 35.5. The molecule has 6 heteroatoms. The Kier molecular flexibility index (Phi) is 4.25. The molecule has 0 radical (unpaired) electrons. The van der Waals surface area contributed by atoms with Crippen LogP contribution in [0.2, 0.25) is 5.02 Å². The van der Waals surface area contributed by atoms with E-state index in [1.54, 1.807) is 0 Å². The van der Waals surface area contributed by atoms with E-state index in [9.17, 15) is 14.0 Å². The molecule has 0 fully saturated rings. The van der Waals surface area contributed by atoms with E-state index in [-0.39, 0.29) is 17.1 Å². The molecule has 0 aliphatic rings. The summed E-state index contributed by atoms with van der Waals surface area (Å²) >= 11 is 5.50. The summed E-state index contributed by atoms with van der Waals surface area (Å²) in [6.45, 7) is -0.318. The summed E-state index contributed by atoms with van der Waals surface area (Å²) in [5.74, 6) is -2.15. The number of ether oxygens (including phenoxy) is 1. The quantitative estimate of drug-likeness (QED) is 0.819. The normalized spacial score (nSPS) is 9.69. The molecule has 1 N–H and O–H groups in total. The Morgan fingerprint density at radius 1 is 1.50 bits per heavy atom. The summed E-state index contributed by atoms with van der Waals surface area (Å²) in [4.78, 5) is 22.2. The molecule has 1 rings (SSSR count). The Morgan fingerprint density at radius 2 is 2.19 bits per heavy atom. The number of amides is 1. The van der Waals surface area contributed by atoms with Gasteiger partial charge in [0, 0.05) is 0 Å². The molecule has 16 heavy (non-hydrogen) atoms. The Labute approximate surface area is 96.3 Å². The lowest BCUT2D eigenvalue weighted by Crippen LogP contribution is -2.30. The second-order valence-corrected chi connectivity index (χ2v) is 3.27. The molecule has 0 unspecified atom stereocenters. The fourth-order valence-corrected chi connectivity index (χ4v) is 1.17. The van der Waals surface area contributed by atoms with Gasteiger partial charge in [0.1, 0.15) is 6.54 Å². The maximum Gasteiger partial charge on any atom is 0.325 e. The van der Waals surface area contributed by atoms with Crippen molar-refractivity contribution in [2.75, 3.05) is 13.7 Å². The molecule has 1 aromatic carbocycles. The van der Waals surface area contributed by atoms with Gasteiger partial charge in [-0.3, -0.25) is 9.59 Å². The van der Waals surface area contributed by atoms with Gasteiger partial charge in [-0.05, 0) is 12.1 Å². The third-order valence-electron chi connectivity index (χ3n) is 1.82. The molecule has 0 aliphatic heterocycles. The van der Waals surface area contributed by atoms with Gasteiger partial charge in [-0.15, -0.1) is 0 Å². The van der Waals surface area contributed by atoms with Gasteiger partial charge in [0.15, 0.2) is 5.82 Å². The van der Waals surface area contributed by atoms with Crippen LogP contribution in [0, 0.1) is 5.82 Å². The maximum absolute atomic E-state index is 13.3. The largest absolute Gasteiger partial charge is 0.468 e. The lowest BCUT2D eigenvalue weighted by atomic mass is 10.2. The van der Waals surface area contributed by atoms with Crippen LogP contribution >= 0.6 is 11.6 Å².